The number of rotatable bonds is 3. The second-order valence-corrected chi connectivity index (χ2v) is 3.45. The molecule has 1 atom stereocenters. The summed E-state index contributed by atoms with van der Waals surface area (Å²) in [5.41, 5.74) is 6.91. The molecule has 0 heterocycles. The Balaban J connectivity index is 2.68. The lowest BCUT2D eigenvalue weighted by Crippen LogP contribution is -2.10. The van der Waals surface area contributed by atoms with Crippen LogP contribution in [-0.4, -0.2) is 5.88 Å². The third-order valence-electron chi connectivity index (χ3n) is 1.72. The molecular weight excluding hydrogens is 193 g/mol. The predicted molar refractivity (Wildman–Crippen MR) is 53.7 cm³/mol. The maximum Gasteiger partial charge on any atom is 0.0406 e. The molecule has 66 valence electrons. The van der Waals surface area contributed by atoms with E-state index in [1.54, 1.807) is 0 Å². The first-order valence-electron chi connectivity index (χ1n) is 3.81. The Labute approximate surface area is 82.5 Å². The number of hydrogen-bond acceptors (Lipinski definition) is 1. The number of benzene rings is 1. The fourth-order valence-electron chi connectivity index (χ4n) is 0.994. The van der Waals surface area contributed by atoms with Gasteiger partial charge in [0.25, 0.3) is 0 Å². The van der Waals surface area contributed by atoms with E-state index in [-0.39, 0.29) is 6.04 Å². The van der Waals surface area contributed by atoms with Crippen LogP contribution in [0.4, 0.5) is 0 Å². The molecule has 0 aliphatic heterocycles. The van der Waals surface area contributed by atoms with Gasteiger partial charge in [-0.05, 0) is 24.1 Å². The second-order valence-electron chi connectivity index (χ2n) is 2.64. The zero-order valence-electron chi connectivity index (χ0n) is 6.63. The number of nitrogens with two attached hydrogens (primary N) is 1. The van der Waals surface area contributed by atoms with E-state index in [1.165, 1.54) is 0 Å². The van der Waals surface area contributed by atoms with Gasteiger partial charge in [0.2, 0.25) is 0 Å². The lowest BCUT2D eigenvalue weighted by molar-refractivity contribution is 0.703. The van der Waals surface area contributed by atoms with Gasteiger partial charge >= 0.3 is 0 Å². The van der Waals surface area contributed by atoms with Gasteiger partial charge in [-0.2, -0.15) is 0 Å². The summed E-state index contributed by atoms with van der Waals surface area (Å²) < 4.78 is 0. The molecule has 1 nitrogen and oxygen atoms in total. The third kappa shape index (κ3) is 2.67. The van der Waals surface area contributed by atoms with Crippen molar-refractivity contribution in [3.8, 4) is 0 Å². The Morgan fingerprint density at radius 1 is 1.25 bits per heavy atom. The Morgan fingerprint density at radius 3 is 2.33 bits per heavy atom. The monoisotopic (exact) mass is 203 g/mol. The molecule has 0 amide bonds. The molecule has 0 saturated carbocycles. The summed E-state index contributed by atoms with van der Waals surface area (Å²) in [6, 6.07) is 7.56. The molecule has 1 rings (SSSR count). The van der Waals surface area contributed by atoms with Gasteiger partial charge in [0, 0.05) is 16.9 Å². The van der Waals surface area contributed by atoms with Crippen molar-refractivity contribution < 1.29 is 0 Å². The van der Waals surface area contributed by atoms with Crippen molar-refractivity contribution in [2.75, 3.05) is 5.88 Å². The second kappa shape index (κ2) is 4.70. The average Bonchev–Trinajstić information content (AvgIpc) is 2.06. The highest BCUT2D eigenvalue weighted by molar-refractivity contribution is 6.30. The van der Waals surface area contributed by atoms with Crippen LogP contribution in [0.1, 0.15) is 18.0 Å². The zero-order chi connectivity index (χ0) is 8.97. The van der Waals surface area contributed by atoms with Crippen LogP contribution in [0.2, 0.25) is 5.02 Å². The first-order chi connectivity index (χ1) is 5.74. The summed E-state index contributed by atoms with van der Waals surface area (Å²) in [5.74, 6) is 0.587. The quantitative estimate of drug-likeness (QED) is 0.752. The van der Waals surface area contributed by atoms with E-state index >= 15 is 0 Å². The molecule has 0 aromatic heterocycles. The highest BCUT2D eigenvalue weighted by Crippen LogP contribution is 2.17. The Kier molecular flexibility index (Phi) is 3.86. The molecule has 3 heteroatoms. The third-order valence-corrected chi connectivity index (χ3v) is 2.19. The Morgan fingerprint density at radius 2 is 1.83 bits per heavy atom. The standard InChI is InChI=1S/C9H11Cl2N/c10-6-5-9(12)7-1-3-8(11)4-2-7/h1-4,9H,5-6,12H2. The van der Waals surface area contributed by atoms with E-state index in [2.05, 4.69) is 0 Å². The Bertz CT molecular complexity index is 233. The SMILES string of the molecule is NC(CCCl)c1ccc(Cl)cc1. The van der Waals surface area contributed by atoms with Crippen molar-refractivity contribution in [3.63, 3.8) is 0 Å². The fourth-order valence-corrected chi connectivity index (χ4v) is 1.36. The van der Waals surface area contributed by atoms with Gasteiger partial charge in [-0.3, -0.25) is 0 Å². The number of hydrogen-bond donors (Lipinski definition) is 1. The summed E-state index contributed by atoms with van der Waals surface area (Å²) in [6.45, 7) is 0. The molecule has 2 N–H and O–H groups in total. The van der Waals surface area contributed by atoms with Crippen molar-refractivity contribution in [2.45, 2.75) is 12.5 Å². The molecule has 0 aliphatic rings. The molecule has 1 aromatic carbocycles. The number of alkyl halides is 1. The molecule has 0 bridgehead atoms. The van der Waals surface area contributed by atoms with Crippen LogP contribution in [0.15, 0.2) is 24.3 Å². The molecule has 0 fully saturated rings. The van der Waals surface area contributed by atoms with Crippen LogP contribution in [0.5, 0.6) is 0 Å². The van der Waals surface area contributed by atoms with Gasteiger partial charge in [-0.1, -0.05) is 23.7 Å². The van der Waals surface area contributed by atoms with Gasteiger partial charge in [-0.25, -0.2) is 0 Å². The van der Waals surface area contributed by atoms with Crippen molar-refractivity contribution in [2.24, 2.45) is 5.73 Å². The smallest absolute Gasteiger partial charge is 0.0406 e. The first-order valence-corrected chi connectivity index (χ1v) is 4.72. The molecule has 0 saturated heterocycles. The maximum atomic E-state index is 5.83. The molecule has 0 radical (unpaired) electrons. The summed E-state index contributed by atoms with van der Waals surface area (Å²) in [4.78, 5) is 0. The summed E-state index contributed by atoms with van der Waals surface area (Å²) in [5, 5.41) is 0.733. The number of halogens is 2. The fraction of sp³-hybridized carbons (Fsp3) is 0.333. The molecular formula is C9H11Cl2N. The summed E-state index contributed by atoms with van der Waals surface area (Å²) >= 11 is 11.3. The maximum absolute atomic E-state index is 5.83. The van der Waals surface area contributed by atoms with E-state index in [0.717, 1.165) is 17.0 Å². The highest BCUT2D eigenvalue weighted by atomic mass is 35.5. The van der Waals surface area contributed by atoms with E-state index in [9.17, 15) is 0 Å². The van der Waals surface area contributed by atoms with Crippen LogP contribution in [0, 0.1) is 0 Å². The predicted octanol–water partition coefficient (Wildman–Crippen LogP) is 2.97. The minimum Gasteiger partial charge on any atom is -0.324 e. The molecule has 12 heavy (non-hydrogen) atoms. The van der Waals surface area contributed by atoms with E-state index < -0.39 is 0 Å². The first kappa shape index (κ1) is 9.85. The zero-order valence-corrected chi connectivity index (χ0v) is 8.15. The normalized spacial score (nSPS) is 12.9. The van der Waals surface area contributed by atoms with Gasteiger partial charge in [0.15, 0.2) is 0 Å². The van der Waals surface area contributed by atoms with Gasteiger partial charge in [0.05, 0.1) is 0 Å². The molecule has 1 aromatic rings. The van der Waals surface area contributed by atoms with E-state index in [0.29, 0.717) is 5.88 Å². The van der Waals surface area contributed by atoms with Crippen LogP contribution in [-0.2, 0) is 0 Å². The highest BCUT2D eigenvalue weighted by Gasteiger charge is 2.03. The van der Waals surface area contributed by atoms with Crippen molar-refractivity contribution in [1.82, 2.24) is 0 Å². The Hall–Kier alpha value is -0.240. The van der Waals surface area contributed by atoms with Crippen LogP contribution in [0.3, 0.4) is 0 Å². The average molecular weight is 204 g/mol. The molecule has 0 aliphatic carbocycles. The molecule has 0 spiro atoms. The van der Waals surface area contributed by atoms with Crippen LogP contribution < -0.4 is 5.73 Å². The van der Waals surface area contributed by atoms with Gasteiger partial charge in [0.1, 0.15) is 0 Å². The van der Waals surface area contributed by atoms with E-state index in [4.69, 9.17) is 28.9 Å². The van der Waals surface area contributed by atoms with Crippen molar-refractivity contribution >= 4 is 23.2 Å². The van der Waals surface area contributed by atoms with Crippen molar-refractivity contribution in [1.29, 1.82) is 0 Å². The minimum absolute atomic E-state index is 0.0276. The van der Waals surface area contributed by atoms with Gasteiger partial charge in [-0.15, -0.1) is 11.6 Å². The minimum atomic E-state index is 0.0276. The molecule has 1 unspecified atom stereocenters. The van der Waals surface area contributed by atoms with Crippen molar-refractivity contribution in [3.05, 3.63) is 34.9 Å². The van der Waals surface area contributed by atoms with Crippen LogP contribution in [0.25, 0.3) is 0 Å². The van der Waals surface area contributed by atoms with Gasteiger partial charge < -0.3 is 5.73 Å². The lowest BCUT2D eigenvalue weighted by atomic mass is 10.1. The summed E-state index contributed by atoms with van der Waals surface area (Å²) in [6.07, 6.45) is 0.795. The topological polar surface area (TPSA) is 26.0 Å². The van der Waals surface area contributed by atoms with E-state index in [1.807, 2.05) is 24.3 Å². The lowest BCUT2D eigenvalue weighted by Gasteiger charge is -2.09. The van der Waals surface area contributed by atoms with Crippen LogP contribution >= 0.6 is 23.2 Å². The summed E-state index contributed by atoms with van der Waals surface area (Å²) in [7, 11) is 0. The largest absolute Gasteiger partial charge is 0.324 e.